The van der Waals surface area contributed by atoms with Gasteiger partial charge < -0.3 is 15.0 Å². The van der Waals surface area contributed by atoms with Crippen LogP contribution >= 0.6 is 15.9 Å². The van der Waals surface area contributed by atoms with E-state index in [0.29, 0.717) is 13.1 Å². The molecule has 9 heteroatoms. The Morgan fingerprint density at radius 1 is 1.48 bits per heavy atom. The van der Waals surface area contributed by atoms with Crippen LogP contribution in [0.1, 0.15) is 33.6 Å². The van der Waals surface area contributed by atoms with Crippen molar-refractivity contribution in [1.82, 2.24) is 4.90 Å². The third-order valence-electron chi connectivity index (χ3n) is 3.67. The van der Waals surface area contributed by atoms with Crippen LogP contribution in [-0.4, -0.2) is 40.6 Å². The van der Waals surface area contributed by atoms with Crippen molar-refractivity contribution in [3.63, 3.8) is 0 Å². The minimum Gasteiger partial charge on any atom is -0.444 e. The largest absolute Gasteiger partial charge is 0.444 e. The van der Waals surface area contributed by atoms with Crippen LogP contribution in [0.15, 0.2) is 16.6 Å². The van der Waals surface area contributed by atoms with E-state index < -0.39 is 22.4 Å². The molecule has 138 valence electrons. The highest BCUT2D eigenvalue weighted by atomic mass is 79.9. The summed E-state index contributed by atoms with van der Waals surface area (Å²) >= 11 is 3.04. The van der Waals surface area contributed by atoms with Gasteiger partial charge in [0.1, 0.15) is 17.1 Å². The number of rotatable bonds is 3. The van der Waals surface area contributed by atoms with Crippen LogP contribution in [0.5, 0.6) is 0 Å². The van der Waals surface area contributed by atoms with Crippen molar-refractivity contribution < 1.29 is 18.8 Å². The molecule has 0 aromatic heterocycles. The van der Waals surface area contributed by atoms with Gasteiger partial charge in [-0.2, -0.15) is 0 Å². The van der Waals surface area contributed by atoms with E-state index in [4.69, 9.17) is 4.74 Å². The number of benzene rings is 1. The molecule has 0 saturated carbocycles. The maximum Gasteiger partial charge on any atom is 0.410 e. The number of hydrogen-bond acceptors (Lipinski definition) is 5. The molecule has 1 aromatic rings. The number of carbonyl (C=O) groups excluding carboxylic acids is 1. The highest BCUT2D eigenvalue weighted by Crippen LogP contribution is 2.32. The Bertz CT molecular complexity index is 678. The zero-order valence-corrected chi connectivity index (χ0v) is 15.9. The predicted octanol–water partition coefficient (Wildman–Crippen LogP) is 4.31. The fraction of sp³-hybridized carbons (Fsp3) is 0.562. The molecule has 1 fully saturated rings. The molecule has 1 saturated heterocycles. The second-order valence-electron chi connectivity index (χ2n) is 6.95. The standard InChI is InChI=1S/C16H21BrFN3O4/c1-16(2,3)25-15(22)20-6-4-5-10(9-20)19-13-7-11(17)12(18)8-14(13)21(23)24/h7-8,10,19H,4-6,9H2,1-3H3. The monoisotopic (exact) mass is 417 g/mol. The second kappa shape index (κ2) is 7.55. The lowest BCUT2D eigenvalue weighted by Gasteiger charge is -2.34. The van der Waals surface area contributed by atoms with Gasteiger partial charge in [0, 0.05) is 19.1 Å². The van der Waals surface area contributed by atoms with E-state index in [1.54, 1.807) is 25.7 Å². The molecule has 1 unspecified atom stereocenters. The number of piperidine rings is 1. The summed E-state index contributed by atoms with van der Waals surface area (Å²) in [4.78, 5) is 24.3. The number of halogens is 2. The van der Waals surface area contributed by atoms with Crippen molar-refractivity contribution in [2.75, 3.05) is 18.4 Å². The average Bonchev–Trinajstić information content (AvgIpc) is 2.49. The molecular formula is C16H21BrFN3O4. The smallest absolute Gasteiger partial charge is 0.410 e. The Hall–Kier alpha value is -1.90. The van der Waals surface area contributed by atoms with Gasteiger partial charge in [0.15, 0.2) is 0 Å². The van der Waals surface area contributed by atoms with E-state index in [1.165, 1.54) is 6.07 Å². The van der Waals surface area contributed by atoms with Crippen LogP contribution in [0.3, 0.4) is 0 Å². The molecule has 0 radical (unpaired) electrons. The third-order valence-corrected chi connectivity index (χ3v) is 4.28. The maximum atomic E-state index is 13.6. The SMILES string of the molecule is CC(C)(C)OC(=O)N1CCCC(Nc2cc(Br)c(F)cc2[N+](=O)[O-])C1. The molecule has 0 aliphatic carbocycles. The molecule has 7 nitrogen and oxygen atoms in total. The van der Waals surface area contributed by atoms with Gasteiger partial charge in [-0.15, -0.1) is 0 Å². The molecule has 0 bridgehead atoms. The molecule has 0 spiro atoms. The lowest BCUT2D eigenvalue weighted by Crippen LogP contribution is -2.47. The van der Waals surface area contributed by atoms with Crippen molar-refractivity contribution in [2.24, 2.45) is 0 Å². The van der Waals surface area contributed by atoms with Gasteiger partial charge in [0.05, 0.1) is 15.5 Å². The fourth-order valence-electron chi connectivity index (χ4n) is 2.61. The quantitative estimate of drug-likeness (QED) is 0.584. The van der Waals surface area contributed by atoms with Crippen LogP contribution in [0.25, 0.3) is 0 Å². The summed E-state index contributed by atoms with van der Waals surface area (Å²) in [6.45, 7) is 6.32. The summed E-state index contributed by atoms with van der Waals surface area (Å²) in [6, 6.07) is 2.04. The van der Waals surface area contributed by atoms with E-state index in [-0.39, 0.29) is 21.9 Å². The van der Waals surface area contributed by atoms with E-state index in [1.807, 2.05) is 0 Å². The van der Waals surface area contributed by atoms with Crippen molar-refractivity contribution in [3.8, 4) is 0 Å². The lowest BCUT2D eigenvalue weighted by molar-refractivity contribution is -0.384. The van der Waals surface area contributed by atoms with Crippen molar-refractivity contribution in [2.45, 2.75) is 45.3 Å². The summed E-state index contributed by atoms with van der Waals surface area (Å²) in [5.41, 5.74) is -0.706. The Morgan fingerprint density at radius 3 is 2.76 bits per heavy atom. The van der Waals surface area contributed by atoms with Gasteiger partial charge in [0.2, 0.25) is 0 Å². The van der Waals surface area contributed by atoms with E-state index in [9.17, 15) is 19.3 Å². The molecule has 1 amide bonds. The average molecular weight is 418 g/mol. The number of anilines is 1. The number of hydrogen-bond donors (Lipinski definition) is 1. The number of nitro groups is 1. The zero-order valence-electron chi connectivity index (χ0n) is 14.3. The highest BCUT2D eigenvalue weighted by Gasteiger charge is 2.29. The van der Waals surface area contributed by atoms with Gasteiger partial charge >= 0.3 is 6.09 Å². The fourth-order valence-corrected chi connectivity index (χ4v) is 2.95. The Balaban J connectivity index is 2.12. The first-order chi connectivity index (χ1) is 11.6. The van der Waals surface area contributed by atoms with Gasteiger partial charge in [-0.05, 0) is 55.6 Å². The zero-order chi connectivity index (χ0) is 18.8. The van der Waals surface area contributed by atoms with Crippen LogP contribution < -0.4 is 5.32 Å². The van der Waals surface area contributed by atoms with E-state index in [2.05, 4.69) is 21.2 Å². The summed E-state index contributed by atoms with van der Waals surface area (Å²) in [5.74, 6) is -0.698. The molecule has 1 N–H and O–H groups in total. The van der Waals surface area contributed by atoms with Gasteiger partial charge in [-0.25, -0.2) is 9.18 Å². The highest BCUT2D eigenvalue weighted by molar-refractivity contribution is 9.10. The van der Waals surface area contributed by atoms with Gasteiger partial charge in [-0.3, -0.25) is 10.1 Å². The van der Waals surface area contributed by atoms with Gasteiger partial charge in [0.25, 0.3) is 5.69 Å². The summed E-state index contributed by atoms with van der Waals surface area (Å²) in [7, 11) is 0. The molecule has 1 aromatic carbocycles. The minimum absolute atomic E-state index is 0.139. The van der Waals surface area contributed by atoms with Crippen LogP contribution in [0.4, 0.5) is 20.6 Å². The van der Waals surface area contributed by atoms with Crippen LogP contribution in [0.2, 0.25) is 0 Å². The number of ether oxygens (including phenoxy) is 1. The number of nitrogens with zero attached hydrogens (tertiary/aromatic N) is 2. The molecule has 1 aliphatic rings. The Labute approximate surface area is 153 Å². The van der Waals surface area contributed by atoms with Crippen molar-refractivity contribution in [1.29, 1.82) is 0 Å². The molecule has 2 rings (SSSR count). The predicted molar refractivity (Wildman–Crippen MR) is 95.2 cm³/mol. The normalized spacial score (nSPS) is 18.0. The minimum atomic E-state index is -0.698. The number of nitro benzene ring substituents is 1. The topological polar surface area (TPSA) is 84.7 Å². The van der Waals surface area contributed by atoms with Gasteiger partial charge in [-0.1, -0.05) is 0 Å². The first-order valence-electron chi connectivity index (χ1n) is 7.95. The van der Waals surface area contributed by atoms with Crippen molar-refractivity contribution >= 4 is 33.4 Å². The van der Waals surface area contributed by atoms with Crippen LogP contribution in [0, 0.1) is 15.9 Å². The number of carbonyl (C=O) groups is 1. The van der Waals surface area contributed by atoms with Crippen molar-refractivity contribution in [3.05, 3.63) is 32.5 Å². The first-order valence-corrected chi connectivity index (χ1v) is 8.74. The Morgan fingerprint density at radius 2 is 2.16 bits per heavy atom. The number of likely N-dealkylation sites (tertiary alicyclic amines) is 1. The Kier molecular flexibility index (Phi) is 5.87. The number of nitrogens with one attached hydrogen (secondary N) is 1. The molecule has 1 heterocycles. The molecular weight excluding hydrogens is 397 g/mol. The summed E-state index contributed by atoms with van der Waals surface area (Å²) in [5, 5.41) is 14.2. The summed E-state index contributed by atoms with van der Waals surface area (Å²) < 4.78 is 19.1. The second-order valence-corrected chi connectivity index (χ2v) is 7.80. The maximum absolute atomic E-state index is 13.6. The molecule has 1 aliphatic heterocycles. The number of amides is 1. The van der Waals surface area contributed by atoms with Crippen LogP contribution in [-0.2, 0) is 4.74 Å². The lowest BCUT2D eigenvalue weighted by atomic mass is 10.1. The summed E-state index contributed by atoms with van der Waals surface area (Å²) in [6.07, 6.45) is 1.08. The molecule has 1 atom stereocenters. The van der Waals surface area contributed by atoms with E-state index in [0.717, 1.165) is 18.9 Å². The third kappa shape index (κ3) is 5.29. The molecule has 25 heavy (non-hydrogen) atoms. The van der Waals surface area contributed by atoms with E-state index >= 15 is 0 Å². The first kappa shape index (κ1) is 19.4.